The maximum absolute atomic E-state index is 14.5. The molecule has 2 aliphatic rings. The van der Waals surface area contributed by atoms with Gasteiger partial charge in [-0.3, -0.25) is 9.69 Å². The van der Waals surface area contributed by atoms with Gasteiger partial charge >= 0.3 is 0 Å². The normalized spacial score (nSPS) is 17.3. The van der Waals surface area contributed by atoms with Crippen LogP contribution in [-0.2, 0) is 4.74 Å². The fraction of sp³-hybridized carbons (Fsp3) is 0.414. The second kappa shape index (κ2) is 11.3. The number of rotatable bonds is 7. The van der Waals surface area contributed by atoms with E-state index < -0.39 is 5.82 Å². The van der Waals surface area contributed by atoms with E-state index in [0.717, 1.165) is 81.0 Å². The molecule has 5 rings (SSSR count). The lowest BCUT2D eigenvalue weighted by molar-refractivity contribution is 0.0323. The third kappa shape index (κ3) is 5.79. The predicted molar refractivity (Wildman–Crippen MR) is 142 cm³/mol. The maximum atomic E-state index is 14.5. The number of piperidine rings is 1. The Morgan fingerprint density at radius 3 is 2.56 bits per heavy atom. The molecular weight excluding hydrogens is 457 g/mol. The molecule has 3 aromatic rings. The number of fused-ring (bicyclic) bond motifs is 1. The van der Waals surface area contributed by atoms with Crippen molar-refractivity contribution < 1.29 is 18.7 Å². The number of amides is 1. The van der Waals surface area contributed by atoms with Crippen molar-refractivity contribution in [1.82, 2.24) is 4.90 Å². The van der Waals surface area contributed by atoms with Crippen LogP contribution in [-0.4, -0.2) is 63.4 Å². The van der Waals surface area contributed by atoms with Crippen LogP contribution in [0, 0.1) is 11.7 Å². The molecule has 3 aromatic carbocycles. The highest BCUT2D eigenvalue weighted by atomic mass is 19.1. The number of carbonyl (C=O) groups is 1. The molecule has 1 amide bonds. The van der Waals surface area contributed by atoms with Crippen LogP contribution in [0.3, 0.4) is 0 Å². The molecule has 0 bridgehead atoms. The van der Waals surface area contributed by atoms with Gasteiger partial charge < -0.3 is 19.7 Å². The van der Waals surface area contributed by atoms with E-state index in [1.165, 1.54) is 12.1 Å². The zero-order valence-corrected chi connectivity index (χ0v) is 20.8. The number of nitrogens with one attached hydrogen (secondary N) is 1. The summed E-state index contributed by atoms with van der Waals surface area (Å²) in [4.78, 5) is 17.7. The smallest absolute Gasteiger partial charge is 0.255 e. The number of hydrogen-bond donors (Lipinski definition) is 1. The van der Waals surface area contributed by atoms with Gasteiger partial charge in [0.15, 0.2) is 0 Å². The number of nitrogens with zero attached hydrogens (tertiary/aromatic N) is 2. The zero-order chi connectivity index (χ0) is 24.9. The topological polar surface area (TPSA) is 54.0 Å². The summed E-state index contributed by atoms with van der Waals surface area (Å²) in [6.07, 6.45) is 2.15. The molecular formula is C29H34FN3O3. The summed E-state index contributed by atoms with van der Waals surface area (Å²) < 4.78 is 26.0. The van der Waals surface area contributed by atoms with Gasteiger partial charge in [0.25, 0.3) is 5.91 Å². The molecule has 0 unspecified atom stereocenters. The molecule has 0 radical (unpaired) electrons. The van der Waals surface area contributed by atoms with Crippen molar-refractivity contribution in [3.8, 4) is 5.75 Å². The molecule has 6 nitrogen and oxygen atoms in total. The Labute approximate surface area is 212 Å². The van der Waals surface area contributed by atoms with Gasteiger partial charge in [0.05, 0.1) is 13.2 Å². The second-order valence-corrected chi connectivity index (χ2v) is 9.78. The lowest BCUT2D eigenvalue weighted by Crippen LogP contribution is -2.38. The first kappa shape index (κ1) is 24.5. The predicted octanol–water partition coefficient (Wildman–Crippen LogP) is 5.18. The van der Waals surface area contributed by atoms with Crippen molar-refractivity contribution in [2.24, 2.45) is 5.92 Å². The number of carbonyl (C=O) groups excluding carboxylic acids is 1. The second-order valence-electron chi connectivity index (χ2n) is 9.78. The van der Waals surface area contributed by atoms with E-state index >= 15 is 0 Å². The fourth-order valence-corrected chi connectivity index (χ4v) is 4.96. The summed E-state index contributed by atoms with van der Waals surface area (Å²) >= 11 is 0. The van der Waals surface area contributed by atoms with Gasteiger partial charge in [-0.2, -0.15) is 0 Å². The Morgan fingerprint density at radius 2 is 1.78 bits per heavy atom. The van der Waals surface area contributed by atoms with Crippen molar-refractivity contribution in [2.45, 2.75) is 19.8 Å². The van der Waals surface area contributed by atoms with Crippen molar-refractivity contribution >= 4 is 28.1 Å². The highest BCUT2D eigenvalue weighted by Gasteiger charge is 2.19. The zero-order valence-electron chi connectivity index (χ0n) is 20.8. The van der Waals surface area contributed by atoms with E-state index in [4.69, 9.17) is 9.47 Å². The van der Waals surface area contributed by atoms with Crippen molar-refractivity contribution in [2.75, 3.05) is 62.8 Å². The molecule has 0 atom stereocenters. The van der Waals surface area contributed by atoms with Gasteiger partial charge in [0.2, 0.25) is 0 Å². The van der Waals surface area contributed by atoms with E-state index in [2.05, 4.69) is 22.0 Å². The molecule has 2 aliphatic heterocycles. The molecule has 0 aliphatic carbocycles. The van der Waals surface area contributed by atoms with Gasteiger partial charge in [-0.15, -0.1) is 0 Å². The summed E-state index contributed by atoms with van der Waals surface area (Å²) in [6, 6.07) is 16.2. The molecule has 1 N–H and O–H groups in total. The number of halogens is 1. The van der Waals surface area contributed by atoms with E-state index in [9.17, 15) is 9.18 Å². The van der Waals surface area contributed by atoms with Gasteiger partial charge in [-0.25, -0.2) is 4.39 Å². The van der Waals surface area contributed by atoms with Gasteiger partial charge in [0.1, 0.15) is 18.2 Å². The Morgan fingerprint density at radius 1 is 1.03 bits per heavy atom. The molecule has 0 spiro atoms. The Hall–Kier alpha value is -3.16. The Kier molecular flexibility index (Phi) is 7.68. The molecule has 0 saturated carbocycles. The Balaban J connectivity index is 1.31. The number of hydrogen-bond acceptors (Lipinski definition) is 5. The van der Waals surface area contributed by atoms with Crippen LogP contribution in [0.25, 0.3) is 10.8 Å². The van der Waals surface area contributed by atoms with Crippen molar-refractivity contribution in [1.29, 1.82) is 0 Å². The monoisotopic (exact) mass is 491 g/mol. The summed E-state index contributed by atoms with van der Waals surface area (Å²) in [6.45, 7) is 8.80. The van der Waals surface area contributed by atoms with E-state index in [1.54, 1.807) is 6.07 Å². The van der Waals surface area contributed by atoms with Crippen LogP contribution in [0.4, 0.5) is 15.8 Å². The lowest BCUT2D eigenvalue weighted by Gasteiger charge is -2.32. The standard InChI is InChI=1S/C29H34FN3O3/c1-21-8-10-33(11-9-21)24-19-22(18-23(30)20-24)29(34)31-27-6-7-28(26-5-3-2-4-25(26)27)36-17-14-32-12-15-35-16-13-32/h2-7,18-21H,8-17H2,1H3,(H,31,34). The van der Waals surface area contributed by atoms with Crippen LogP contribution in [0.5, 0.6) is 5.75 Å². The first-order valence-corrected chi connectivity index (χ1v) is 12.9. The molecule has 2 fully saturated rings. The number of ether oxygens (including phenoxy) is 2. The fourth-order valence-electron chi connectivity index (χ4n) is 4.96. The minimum atomic E-state index is -0.398. The first-order chi connectivity index (χ1) is 17.6. The largest absolute Gasteiger partial charge is 0.492 e. The van der Waals surface area contributed by atoms with E-state index in [0.29, 0.717) is 23.8 Å². The van der Waals surface area contributed by atoms with Crippen LogP contribution < -0.4 is 15.0 Å². The van der Waals surface area contributed by atoms with Gasteiger partial charge in [0, 0.05) is 60.4 Å². The maximum Gasteiger partial charge on any atom is 0.255 e. The molecule has 2 heterocycles. The average molecular weight is 492 g/mol. The first-order valence-electron chi connectivity index (χ1n) is 12.9. The summed E-state index contributed by atoms with van der Waals surface area (Å²) in [7, 11) is 0. The van der Waals surface area contributed by atoms with Crippen LogP contribution in [0.2, 0.25) is 0 Å². The number of benzene rings is 3. The molecule has 2 saturated heterocycles. The van der Waals surface area contributed by atoms with Crippen molar-refractivity contribution in [3.05, 3.63) is 66.0 Å². The highest BCUT2D eigenvalue weighted by Crippen LogP contribution is 2.32. The van der Waals surface area contributed by atoms with Gasteiger partial charge in [-0.1, -0.05) is 31.2 Å². The minimum absolute atomic E-state index is 0.318. The SMILES string of the molecule is CC1CCN(c2cc(F)cc(C(=O)Nc3ccc(OCCN4CCOCC4)c4ccccc34)c2)CC1. The molecule has 7 heteroatoms. The summed E-state index contributed by atoms with van der Waals surface area (Å²) in [5.74, 6) is 0.735. The van der Waals surface area contributed by atoms with E-state index in [1.807, 2.05) is 36.4 Å². The van der Waals surface area contributed by atoms with Crippen LogP contribution >= 0.6 is 0 Å². The average Bonchev–Trinajstić information content (AvgIpc) is 2.90. The highest BCUT2D eigenvalue weighted by molar-refractivity contribution is 6.10. The van der Waals surface area contributed by atoms with E-state index in [-0.39, 0.29) is 5.91 Å². The minimum Gasteiger partial charge on any atom is -0.492 e. The number of anilines is 2. The number of morpholine rings is 1. The molecule has 0 aromatic heterocycles. The third-order valence-electron chi connectivity index (χ3n) is 7.19. The third-order valence-corrected chi connectivity index (χ3v) is 7.19. The van der Waals surface area contributed by atoms with Crippen molar-refractivity contribution in [3.63, 3.8) is 0 Å². The van der Waals surface area contributed by atoms with Crippen LogP contribution in [0.1, 0.15) is 30.1 Å². The molecule has 190 valence electrons. The lowest BCUT2D eigenvalue weighted by atomic mass is 9.98. The van der Waals surface area contributed by atoms with Crippen LogP contribution in [0.15, 0.2) is 54.6 Å². The van der Waals surface area contributed by atoms with Gasteiger partial charge in [-0.05, 0) is 49.1 Å². The Bertz CT molecular complexity index is 1200. The quantitative estimate of drug-likeness (QED) is 0.494. The molecule has 36 heavy (non-hydrogen) atoms. The summed E-state index contributed by atoms with van der Waals surface area (Å²) in [5.41, 5.74) is 1.76. The summed E-state index contributed by atoms with van der Waals surface area (Å²) in [5, 5.41) is 4.81.